The normalized spacial score (nSPS) is 20.5. The highest BCUT2D eigenvalue weighted by Crippen LogP contribution is 2.31. The Labute approximate surface area is 128 Å². The maximum Gasteiger partial charge on any atom is 0.122 e. The van der Waals surface area contributed by atoms with Gasteiger partial charge in [-0.15, -0.1) is 0 Å². The van der Waals surface area contributed by atoms with Crippen molar-refractivity contribution in [2.45, 2.75) is 45.7 Å². The van der Waals surface area contributed by atoms with Gasteiger partial charge in [-0.3, -0.25) is 0 Å². The number of nitrogens with one attached hydrogen (secondary N) is 1. The van der Waals surface area contributed by atoms with Crippen molar-refractivity contribution in [2.75, 3.05) is 31.2 Å². The van der Waals surface area contributed by atoms with Gasteiger partial charge in [-0.2, -0.15) is 0 Å². The van der Waals surface area contributed by atoms with Crippen LogP contribution in [0, 0.1) is 0 Å². The lowest BCUT2D eigenvalue weighted by atomic mass is 10.0. The van der Waals surface area contributed by atoms with Gasteiger partial charge in [-0.05, 0) is 32.4 Å². The molecule has 1 fully saturated rings. The van der Waals surface area contributed by atoms with Gasteiger partial charge in [-0.1, -0.05) is 19.9 Å². The minimum atomic E-state index is 0.172. The van der Waals surface area contributed by atoms with Crippen LogP contribution in [0.25, 0.3) is 0 Å². The molecule has 0 amide bonds. The Hall–Kier alpha value is -1.26. The molecule has 21 heavy (non-hydrogen) atoms. The number of aromatic hydroxyl groups is 1. The summed E-state index contributed by atoms with van der Waals surface area (Å²) in [4.78, 5) is 2.34. The average Bonchev–Trinajstić information content (AvgIpc) is 2.52. The molecule has 1 aliphatic rings. The molecule has 118 valence electrons. The number of ether oxygens (including phenoxy) is 1. The molecule has 0 aliphatic carbocycles. The van der Waals surface area contributed by atoms with Crippen molar-refractivity contribution >= 4 is 5.69 Å². The maximum absolute atomic E-state index is 10.4. The second-order valence-corrected chi connectivity index (χ2v) is 5.75. The Morgan fingerprint density at radius 3 is 2.90 bits per heavy atom. The van der Waals surface area contributed by atoms with Crippen LogP contribution < -0.4 is 10.2 Å². The molecule has 0 saturated carbocycles. The molecule has 0 radical (unpaired) electrons. The molecule has 0 bridgehead atoms. The highest BCUT2D eigenvalue weighted by molar-refractivity contribution is 5.55. The van der Waals surface area contributed by atoms with E-state index < -0.39 is 0 Å². The first-order valence-electron chi connectivity index (χ1n) is 8.08. The van der Waals surface area contributed by atoms with Crippen LogP contribution in [0.5, 0.6) is 5.75 Å². The van der Waals surface area contributed by atoms with Gasteiger partial charge in [0.2, 0.25) is 0 Å². The van der Waals surface area contributed by atoms with E-state index in [1.807, 2.05) is 12.1 Å². The predicted molar refractivity (Wildman–Crippen MR) is 87.1 cm³/mol. The van der Waals surface area contributed by atoms with E-state index in [-0.39, 0.29) is 6.04 Å². The van der Waals surface area contributed by atoms with Crippen molar-refractivity contribution in [1.29, 1.82) is 0 Å². The third-order valence-electron chi connectivity index (χ3n) is 4.21. The number of phenolic OH excluding ortho intramolecular Hbond substituents is 1. The molecule has 1 heterocycles. The number of anilines is 1. The van der Waals surface area contributed by atoms with E-state index in [1.54, 1.807) is 0 Å². The number of hydrogen-bond donors (Lipinski definition) is 2. The van der Waals surface area contributed by atoms with Crippen LogP contribution in [-0.2, 0) is 4.74 Å². The maximum atomic E-state index is 10.4. The van der Waals surface area contributed by atoms with Gasteiger partial charge in [0, 0.05) is 29.9 Å². The first kappa shape index (κ1) is 16.1. The zero-order valence-electron chi connectivity index (χ0n) is 13.4. The number of rotatable bonds is 6. The molecule has 2 rings (SSSR count). The lowest BCUT2D eigenvalue weighted by molar-refractivity contribution is 0.0930. The van der Waals surface area contributed by atoms with Crippen molar-refractivity contribution in [1.82, 2.24) is 5.32 Å². The Morgan fingerprint density at radius 2 is 2.24 bits per heavy atom. The number of benzene rings is 1. The summed E-state index contributed by atoms with van der Waals surface area (Å²) in [6.45, 7) is 9.79. The standard InChI is InChI=1S/C17H28N2O2/c1-4-8-18-13(3)16-7-6-15(11-17(16)20)19-9-10-21-12-14(19)5-2/h6-7,11,13-14,18,20H,4-5,8-10,12H2,1-3H3. The minimum Gasteiger partial charge on any atom is -0.508 e. The fraction of sp³-hybridized carbons (Fsp3) is 0.647. The first-order valence-corrected chi connectivity index (χ1v) is 8.08. The van der Waals surface area contributed by atoms with Crippen LogP contribution in [-0.4, -0.2) is 37.5 Å². The zero-order valence-corrected chi connectivity index (χ0v) is 13.4. The summed E-state index contributed by atoms with van der Waals surface area (Å²) in [6.07, 6.45) is 2.14. The fourth-order valence-electron chi connectivity index (χ4n) is 2.88. The average molecular weight is 292 g/mol. The van der Waals surface area contributed by atoms with Crippen LogP contribution in [0.3, 0.4) is 0 Å². The number of hydrogen-bond acceptors (Lipinski definition) is 4. The van der Waals surface area contributed by atoms with Crippen LogP contribution >= 0.6 is 0 Å². The largest absolute Gasteiger partial charge is 0.508 e. The van der Waals surface area contributed by atoms with E-state index in [4.69, 9.17) is 4.74 Å². The Morgan fingerprint density at radius 1 is 1.43 bits per heavy atom. The predicted octanol–water partition coefficient (Wildman–Crippen LogP) is 3.07. The summed E-state index contributed by atoms with van der Waals surface area (Å²) in [6, 6.07) is 6.63. The second-order valence-electron chi connectivity index (χ2n) is 5.75. The lowest BCUT2D eigenvalue weighted by Gasteiger charge is -2.37. The van der Waals surface area contributed by atoms with Crippen molar-refractivity contribution in [2.24, 2.45) is 0 Å². The summed E-state index contributed by atoms with van der Waals surface area (Å²) in [5.74, 6) is 0.380. The summed E-state index contributed by atoms with van der Waals surface area (Å²) >= 11 is 0. The highest BCUT2D eigenvalue weighted by atomic mass is 16.5. The summed E-state index contributed by atoms with van der Waals surface area (Å²) < 4.78 is 5.55. The van der Waals surface area contributed by atoms with Gasteiger partial charge in [0.25, 0.3) is 0 Å². The summed E-state index contributed by atoms with van der Waals surface area (Å²) in [5.41, 5.74) is 2.06. The molecule has 1 aromatic carbocycles. The van der Waals surface area contributed by atoms with Crippen LogP contribution in [0.15, 0.2) is 18.2 Å². The first-order chi connectivity index (χ1) is 10.2. The molecule has 2 unspecified atom stereocenters. The molecule has 0 spiro atoms. The molecular weight excluding hydrogens is 264 g/mol. The van der Waals surface area contributed by atoms with E-state index in [1.165, 1.54) is 0 Å². The highest BCUT2D eigenvalue weighted by Gasteiger charge is 2.22. The zero-order chi connectivity index (χ0) is 15.2. The minimum absolute atomic E-state index is 0.172. The molecule has 2 N–H and O–H groups in total. The quantitative estimate of drug-likeness (QED) is 0.846. The third kappa shape index (κ3) is 3.89. The van der Waals surface area contributed by atoms with Gasteiger partial charge in [0.15, 0.2) is 0 Å². The third-order valence-corrected chi connectivity index (χ3v) is 4.21. The molecule has 1 aromatic rings. The van der Waals surface area contributed by atoms with Gasteiger partial charge >= 0.3 is 0 Å². The Bertz CT molecular complexity index is 450. The van der Waals surface area contributed by atoms with E-state index in [0.717, 1.165) is 50.4 Å². The number of nitrogens with zero attached hydrogens (tertiary/aromatic N) is 1. The van der Waals surface area contributed by atoms with E-state index in [0.29, 0.717) is 11.8 Å². The van der Waals surface area contributed by atoms with E-state index in [9.17, 15) is 5.11 Å². The topological polar surface area (TPSA) is 44.7 Å². The molecule has 1 saturated heterocycles. The van der Waals surface area contributed by atoms with Gasteiger partial charge < -0.3 is 20.1 Å². The molecule has 4 nitrogen and oxygen atoms in total. The second kappa shape index (κ2) is 7.66. The van der Waals surface area contributed by atoms with Gasteiger partial charge in [-0.25, -0.2) is 0 Å². The fourth-order valence-corrected chi connectivity index (χ4v) is 2.88. The number of phenols is 1. The van der Waals surface area contributed by atoms with Crippen LogP contribution in [0.1, 0.15) is 45.2 Å². The van der Waals surface area contributed by atoms with E-state index >= 15 is 0 Å². The molecule has 1 aliphatic heterocycles. The lowest BCUT2D eigenvalue weighted by Crippen LogP contribution is -2.45. The Kier molecular flexibility index (Phi) is 5.88. The number of morpholine rings is 1. The van der Waals surface area contributed by atoms with Crippen LogP contribution in [0.2, 0.25) is 0 Å². The summed E-state index contributed by atoms with van der Waals surface area (Å²) in [5, 5.41) is 13.8. The van der Waals surface area contributed by atoms with Crippen molar-refractivity contribution in [3.05, 3.63) is 23.8 Å². The Balaban J connectivity index is 2.14. The van der Waals surface area contributed by atoms with Crippen LogP contribution in [0.4, 0.5) is 5.69 Å². The summed E-state index contributed by atoms with van der Waals surface area (Å²) in [7, 11) is 0. The van der Waals surface area contributed by atoms with Crippen molar-refractivity contribution < 1.29 is 9.84 Å². The van der Waals surface area contributed by atoms with Crippen molar-refractivity contribution in [3.8, 4) is 5.75 Å². The molecular formula is C17H28N2O2. The molecule has 0 aromatic heterocycles. The monoisotopic (exact) mass is 292 g/mol. The van der Waals surface area contributed by atoms with Crippen molar-refractivity contribution in [3.63, 3.8) is 0 Å². The molecule has 4 heteroatoms. The SMILES string of the molecule is CCCNC(C)c1ccc(N2CCOCC2CC)cc1O. The van der Waals surface area contributed by atoms with Gasteiger partial charge in [0.1, 0.15) is 5.75 Å². The smallest absolute Gasteiger partial charge is 0.122 e. The van der Waals surface area contributed by atoms with E-state index in [2.05, 4.69) is 37.1 Å². The van der Waals surface area contributed by atoms with Gasteiger partial charge in [0.05, 0.1) is 19.3 Å². The molecule has 2 atom stereocenters.